The number of aliphatic hydroxyl groups excluding tert-OH is 1. The van der Waals surface area contributed by atoms with Gasteiger partial charge in [0.2, 0.25) is 0 Å². The van der Waals surface area contributed by atoms with Crippen molar-refractivity contribution in [3.05, 3.63) is 59.1 Å². The molecule has 0 radical (unpaired) electrons. The molecular formula is C27H29FN6O3S. The lowest BCUT2D eigenvalue weighted by atomic mass is 10.1. The molecular weight excluding hydrogens is 507 g/mol. The van der Waals surface area contributed by atoms with Crippen molar-refractivity contribution in [1.29, 1.82) is 0 Å². The zero-order chi connectivity index (χ0) is 27.0. The summed E-state index contributed by atoms with van der Waals surface area (Å²) in [5.74, 6) is -0.509. The summed E-state index contributed by atoms with van der Waals surface area (Å²) in [5, 5.41) is 14.0. The number of fused-ring (bicyclic) bond motifs is 1. The topological polar surface area (TPSA) is 126 Å². The molecule has 1 aliphatic rings. The van der Waals surface area contributed by atoms with Crippen LogP contribution in [0, 0.1) is 5.82 Å². The molecule has 4 N–H and O–H groups in total. The van der Waals surface area contributed by atoms with E-state index in [1.165, 1.54) is 31.5 Å². The van der Waals surface area contributed by atoms with E-state index in [4.69, 9.17) is 15.5 Å². The molecule has 3 heterocycles. The Balaban J connectivity index is 1.55. The minimum atomic E-state index is -0.556. The van der Waals surface area contributed by atoms with Crippen molar-refractivity contribution in [3.8, 4) is 17.1 Å². The number of aromatic nitrogens is 3. The standard InChI is InChI=1S/C27H29FN6O3S/c1-14(2)27-33-23-21(38-27)8-7-18(24(23)34-12-15(29)11-16(34)13-35)32-26(36)19-9-10-30-25(31-19)22-17(28)5-4-6-20(22)37-3/h4-10,14-16,35H,11-13,29H2,1-3H3,(H,32,36)/t15-,16-/m0/s1. The van der Waals surface area contributed by atoms with Gasteiger partial charge in [-0.15, -0.1) is 11.3 Å². The number of amides is 1. The number of halogens is 1. The van der Waals surface area contributed by atoms with E-state index in [-0.39, 0.29) is 47.4 Å². The van der Waals surface area contributed by atoms with Crippen LogP contribution in [-0.2, 0) is 0 Å². The van der Waals surface area contributed by atoms with Gasteiger partial charge in [-0.25, -0.2) is 19.3 Å². The molecule has 11 heteroatoms. The van der Waals surface area contributed by atoms with Gasteiger partial charge in [0.25, 0.3) is 5.91 Å². The summed E-state index contributed by atoms with van der Waals surface area (Å²) in [5.41, 5.74) is 8.40. The van der Waals surface area contributed by atoms with E-state index in [0.717, 1.165) is 20.9 Å². The Hall–Kier alpha value is -3.67. The van der Waals surface area contributed by atoms with E-state index in [1.54, 1.807) is 17.4 Å². The molecule has 1 saturated heterocycles. The minimum Gasteiger partial charge on any atom is -0.496 e. The van der Waals surface area contributed by atoms with E-state index in [0.29, 0.717) is 18.7 Å². The summed E-state index contributed by atoms with van der Waals surface area (Å²) in [6, 6.07) is 9.32. The van der Waals surface area contributed by atoms with Crippen molar-refractivity contribution in [2.75, 3.05) is 30.5 Å². The number of benzene rings is 2. The van der Waals surface area contributed by atoms with Gasteiger partial charge >= 0.3 is 0 Å². The number of nitrogens with two attached hydrogens (primary N) is 1. The number of methoxy groups -OCH3 is 1. The Morgan fingerprint density at radius 2 is 2.11 bits per heavy atom. The fourth-order valence-corrected chi connectivity index (χ4v) is 5.69. The van der Waals surface area contributed by atoms with Crippen molar-refractivity contribution in [2.45, 2.75) is 38.3 Å². The average molecular weight is 537 g/mol. The summed E-state index contributed by atoms with van der Waals surface area (Å²) in [6.45, 7) is 4.62. The number of ether oxygens (including phenoxy) is 1. The number of carbonyl (C=O) groups excluding carboxylic acids is 1. The van der Waals surface area contributed by atoms with Crippen LogP contribution in [0.2, 0.25) is 0 Å². The second-order valence-electron chi connectivity index (χ2n) is 9.54. The van der Waals surface area contributed by atoms with E-state index < -0.39 is 11.7 Å². The van der Waals surface area contributed by atoms with Crippen LogP contribution in [0.1, 0.15) is 41.7 Å². The lowest BCUT2D eigenvalue weighted by Crippen LogP contribution is -2.34. The molecule has 2 atom stereocenters. The van der Waals surface area contributed by atoms with Crippen LogP contribution in [0.5, 0.6) is 5.75 Å². The summed E-state index contributed by atoms with van der Waals surface area (Å²) in [4.78, 5) is 28.9. The van der Waals surface area contributed by atoms with Crippen molar-refractivity contribution in [2.24, 2.45) is 5.73 Å². The van der Waals surface area contributed by atoms with Crippen LogP contribution in [0.15, 0.2) is 42.6 Å². The van der Waals surface area contributed by atoms with Crippen molar-refractivity contribution < 1.29 is 19.0 Å². The highest BCUT2D eigenvalue weighted by Gasteiger charge is 2.33. The summed E-state index contributed by atoms with van der Waals surface area (Å²) in [6.07, 6.45) is 2.03. The van der Waals surface area contributed by atoms with Gasteiger partial charge in [-0.05, 0) is 36.8 Å². The van der Waals surface area contributed by atoms with E-state index in [1.807, 2.05) is 17.0 Å². The molecule has 0 saturated carbocycles. The Morgan fingerprint density at radius 1 is 1.29 bits per heavy atom. The van der Waals surface area contributed by atoms with E-state index in [2.05, 4.69) is 29.1 Å². The third-order valence-corrected chi connectivity index (χ3v) is 7.87. The molecule has 2 aromatic heterocycles. The third kappa shape index (κ3) is 4.80. The minimum absolute atomic E-state index is 0.0372. The molecule has 0 bridgehead atoms. The van der Waals surface area contributed by atoms with Crippen LogP contribution >= 0.6 is 11.3 Å². The SMILES string of the molecule is COc1cccc(F)c1-c1nccc(C(=O)Nc2ccc3sc(C(C)C)nc3c2N2C[C@@H](N)C[C@H]2CO)n1. The predicted molar refractivity (Wildman–Crippen MR) is 146 cm³/mol. The first-order valence-corrected chi connectivity index (χ1v) is 13.2. The quantitative estimate of drug-likeness (QED) is 0.321. The van der Waals surface area contributed by atoms with Gasteiger partial charge in [-0.3, -0.25) is 4.79 Å². The number of nitrogens with one attached hydrogen (secondary N) is 1. The van der Waals surface area contributed by atoms with Crippen LogP contribution in [0.3, 0.4) is 0 Å². The molecule has 1 aliphatic heterocycles. The highest BCUT2D eigenvalue weighted by atomic mass is 32.1. The van der Waals surface area contributed by atoms with Crippen LogP contribution in [0.4, 0.5) is 15.8 Å². The third-order valence-electron chi connectivity index (χ3n) is 6.54. The molecule has 0 aliphatic carbocycles. The smallest absolute Gasteiger partial charge is 0.274 e. The lowest BCUT2D eigenvalue weighted by molar-refractivity contribution is 0.102. The maximum absolute atomic E-state index is 14.6. The first-order valence-electron chi connectivity index (χ1n) is 12.3. The molecule has 0 unspecified atom stereocenters. The molecule has 9 nitrogen and oxygen atoms in total. The Bertz CT molecular complexity index is 1490. The molecule has 1 amide bonds. The van der Waals surface area contributed by atoms with E-state index in [9.17, 15) is 14.3 Å². The molecule has 4 aromatic rings. The fraction of sp³-hybridized carbons (Fsp3) is 0.333. The van der Waals surface area contributed by atoms with Gasteiger partial charge in [0.1, 0.15) is 22.8 Å². The van der Waals surface area contributed by atoms with Gasteiger partial charge in [0.05, 0.1) is 46.4 Å². The van der Waals surface area contributed by atoms with Crippen LogP contribution in [-0.4, -0.2) is 58.3 Å². The monoisotopic (exact) mass is 536 g/mol. The van der Waals surface area contributed by atoms with Crippen LogP contribution < -0.4 is 20.7 Å². The molecule has 0 spiro atoms. The average Bonchev–Trinajstić information content (AvgIpc) is 3.51. The number of hydrogen-bond donors (Lipinski definition) is 3. The maximum Gasteiger partial charge on any atom is 0.274 e. The van der Waals surface area contributed by atoms with Crippen molar-refractivity contribution in [3.63, 3.8) is 0 Å². The number of anilines is 2. The van der Waals surface area contributed by atoms with Crippen molar-refractivity contribution >= 4 is 38.8 Å². The number of aliphatic hydroxyl groups is 1. The molecule has 1 fully saturated rings. The number of nitrogens with zero attached hydrogens (tertiary/aromatic N) is 4. The zero-order valence-electron chi connectivity index (χ0n) is 21.3. The summed E-state index contributed by atoms with van der Waals surface area (Å²) < 4.78 is 20.9. The number of hydrogen-bond acceptors (Lipinski definition) is 9. The van der Waals surface area contributed by atoms with Gasteiger partial charge in [0.15, 0.2) is 5.82 Å². The fourth-order valence-electron chi connectivity index (χ4n) is 4.72. The van der Waals surface area contributed by atoms with E-state index >= 15 is 0 Å². The van der Waals surface area contributed by atoms with Gasteiger partial charge in [-0.1, -0.05) is 19.9 Å². The summed E-state index contributed by atoms with van der Waals surface area (Å²) in [7, 11) is 1.43. The highest BCUT2D eigenvalue weighted by Crippen LogP contribution is 2.41. The molecule has 198 valence electrons. The van der Waals surface area contributed by atoms with Gasteiger partial charge < -0.3 is 25.8 Å². The Kier molecular flexibility index (Phi) is 7.24. The largest absolute Gasteiger partial charge is 0.496 e. The highest BCUT2D eigenvalue weighted by molar-refractivity contribution is 7.18. The number of thiazole rings is 1. The Morgan fingerprint density at radius 3 is 2.84 bits per heavy atom. The first-order chi connectivity index (χ1) is 18.3. The first kappa shape index (κ1) is 26.0. The molecule has 38 heavy (non-hydrogen) atoms. The lowest BCUT2D eigenvalue weighted by Gasteiger charge is -2.28. The van der Waals surface area contributed by atoms with Gasteiger partial charge in [0, 0.05) is 24.7 Å². The van der Waals surface area contributed by atoms with Crippen molar-refractivity contribution in [1.82, 2.24) is 15.0 Å². The van der Waals surface area contributed by atoms with Crippen LogP contribution in [0.25, 0.3) is 21.6 Å². The Labute approximate surface area is 223 Å². The molecule has 5 rings (SSSR count). The normalized spacial score (nSPS) is 17.4. The zero-order valence-corrected chi connectivity index (χ0v) is 22.1. The second kappa shape index (κ2) is 10.6. The maximum atomic E-state index is 14.6. The number of carbonyl (C=O) groups is 1. The predicted octanol–water partition coefficient (Wildman–Crippen LogP) is 4.18. The summed E-state index contributed by atoms with van der Waals surface area (Å²) >= 11 is 1.60. The second-order valence-corrected chi connectivity index (χ2v) is 10.6. The van der Waals surface area contributed by atoms with Gasteiger partial charge in [-0.2, -0.15) is 0 Å². The molecule has 2 aromatic carbocycles. The number of rotatable bonds is 7.